The van der Waals surface area contributed by atoms with Crippen molar-refractivity contribution in [1.82, 2.24) is 4.90 Å². The van der Waals surface area contributed by atoms with Gasteiger partial charge in [0.1, 0.15) is 11.5 Å². The van der Waals surface area contributed by atoms with E-state index in [0.717, 1.165) is 16.7 Å². The van der Waals surface area contributed by atoms with Crippen LogP contribution in [-0.4, -0.2) is 28.4 Å². The number of aryl methyl sites for hydroxylation is 1. The fourth-order valence-electron chi connectivity index (χ4n) is 6.88. The summed E-state index contributed by atoms with van der Waals surface area (Å²) in [5, 5.41) is 3.35. The normalized spacial score (nSPS) is 23.9. The number of ketones is 2. The highest BCUT2D eigenvalue weighted by atomic mass is 35.5. The average Bonchev–Trinajstić information content (AvgIpc) is 3.45. The Morgan fingerprint density at radius 1 is 0.850 bits per heavy atom. The highest BCUT2D eigenvalue weighted by Gasteiger charge is 2.70. The maximum atomic E-state index is 14.8. The van der Waals surface area contributed by atoms with Gasteiger partial charge in [-0.2, -0.15) is 0 Å². The van der Waals surface area contributed by atoms with E-state index in [9.17, 15) is 14.4 Å². The number of rotatable bonds is 4. The number of hydrogen-bond acceptors (Lipinski definition) is 4. The number of carbonyl (C=O) groups is 3. The van der Waals surface area contributed by atoms with Gasteiger partial charge in [0.25, 0.3) is 0 Å². The highest BCUT2D eigenvalue weighted by molar-refractivity contribution is 6.34. The topological polar surface area (TPSA) is 66.5 Å². The molecule has 4 unspecified atom stereocenters. The van der Waals surface area contributed by atoms with Crippen molar-refractivity contribution in [2.75, 3.05) is 5.32 Å². The van der Waals surface area contributed by atoms with E-state index >= 15 is 0 Å². The van der Waals surface area contributed by atoms with Crippen molar-refractivity contribution in [2.24, 2.45) is 5.92 Å². The lowest BCUT2D eigenvalue weighted by atomic mass is 9.62. The Hall–Kier alpha value is -4.48. The van der Waals surface area contributed by atoms with Crippen molar-refractivity contribution in [3.05, 3.63) is 142 Å². The molecule has 0 bridgehead atoms. The van der Waals surface area contributed by atoms with Crippen LogP contribution in [0, 0.1) is 12.8 Å². The number of nitrogens with zero attached hydrogens (tertiary/aromatic N) is 1. The van der Waals surface area contributed by atoms with Gasteiger partial charge in [0.05, 0.1) is 17.0 Å². The first-order chi connectivity index (χ1) is 19.4. The number of para-hydroxylation sites is 1. The van der Waals surface area contributed by atoms with Crippen molar-refractivity contribution in [3.8, 4) is 0 Å². The van der Waals surface area contributed by atoms with Crippen LogP contribution < -0.4 is 5.32 Å². The number of anilines is 1. The number of carbonyl (C=O) groups excluding carboxylic acids is 3. The fraction of sp³-hybridized carbons (Fsp3) is 0.147. The molecule has 0 aliphatic carbocycles. The van der Waals surface area contributed by atoms with Crippen LogP contribution in [0.2, 0.25) is 5.02 Å². The second-order valence-corrected chi connectivity index (χ2v) is 11.1. The number of halogens is 1. The zero-order chi connectivity index (χ0) is 27.6. The summed E-state index contributed by atoms with van der Waals surface area (Å²) >= 11 is 6.59. The van der Waals surface area contributed by atoms with Gasteiger partial charge in [-0.05, 0) is 47.9 Å². The third kappa shape index (κ3) is 3.31. The smallest absolute Gasteiger partial charge is 0.238 e. The number of nitrogens with one attached hydrogen (secondary N) is 1. The zero-order valence-electron chi connectivity index (χ0n) is 21.7. The summed E-state index contributed by atoms with van der Waals surface area (Å²) < 4.78 is 0. The number of hydrogen-bond donors (Lipinski definition) is 1. The first-order valence-corrected chi connectivity index (χ1v) is 13.7. The van der Waals surface area contributed by atoms with Gasteiger partial charge in [0, 0.05) is 23.0 Å². The molecule has 0 aromatic heterocycles. The molecule has 1 N–H and O–H groups in total. The van der Waals surface area contributed by atoms with Crippen LogP contribution in [-0.2, 0) is 10.2 Å². The summed E-state index contributed by atoms with van der Waals surface area (Å²) in [6.45, 7) is 1.96. The molecule has 4 aromatic carbocycles. The quantitative estimate of drug-likeness (QED) is 0.293. The summed E-state index contributed by atoms with van der Waals surface area (Å²) in [5.74, 6) is -1.89. The minimum Gasteiger partial charge on any atom is -0.358 e. The maximum Gasteiger partial charge on any atom is 0.238 e. The Morgan fingerprint density at radius 3 is 2.35 bits per heavy atom. The number of fused-ring (bicyclic) bond motifs is 6. The number of benzene rings is 4. The first-order valence-electron chi connectivity index (χ1n) is 13.3. The number of Topliss-reactive ketones (excluding diaryl/α,β-unsaturated/α-hetero) is 2. The summed E-state index contributed by atoms with van der Waals surface area (Å²) in [4.78, 5) is 45.7. The SMILES string of the molecule is Cc1ccc(C(=O)C2C(C(=O)c3ccccc3Cl)C3(C(=O)Nc4ccccc43)C3c4ccccc4C=CN23)cc1. The summed E-state index contributed by atoms with van der Waals surface area (Å²) in [6.07, 6.45) is 3.83. The molecule has 1 amide bonds. The first kappa shape index (κ1) is 24.6. The molecular formula is C34H25ClN2O3. The van der Waals surface area contributed by atoms with E-state index in [1.165, 1.54) is 0 Å². The average molecular weight is 545 g/mol. The zero-order valence-corrected chi connectivity index (χ0v) is 22.4. The second kappa shape index (κ2) is 9.04. The lowest BCUT2D eigenvalue weighted by molar-refractivity contribution is -0.122. The van der Waals surface area contributed by atoms with Gasteiger partial charge >= 0.3 is 0 Å². The molecule has 4 atom stereocenters. The molecule has 0 radical (unpaired) electrons. The molecule has 3 aliphatic rings. The summed E-state index contributed by atoms with van der Waals surface area (Å²) in [5.41, 5.74) is 3.65. The maximum absolute atomic E-state index is 14.8. The van der Waals surface area contributed by atoms with E-state index < -0.39 is 23.4 Å². The molecule has 0 saturated carbocycles. The van der Waals surface area contributed by atoms with E-state index in [-0.39, 0.29) is 22.5 Å². The Morgan fingerprint density at radius 2 is 1.55 bits per heavy atom. The molecule has 7 rings (SSSR count). The molecule has 40 heavy (non-hydrogen) atoms. The molecule has 3 aliphatic heterocycles. The third-order valence-electron chi connectivity index (χ3n) is 8.60. The van der Waals surface area contributed by atoms with E-state index in [4.69, 9.17) is 11.6 Å². The molecule has 196 valence electrons. The lowest BCUT2D eigenvalue weighted by Crippen LogP contribution is -2.49. The van der Waals surface area contributed by atoms with Crippen LogP contribution in [0.15, 0.2) is 103 Å². The molecule has 6 heteroatoms. The highest BCUT2D eigenvalue weighted by Crippen LogP contribution is 2.62. The largest absolute Gasteiger partial charge is 0.358 e. The number of amides is 1. The molecular weight excluding hydrogens is 520 g/mol. The summed E-state index contributed by atoms with van der Waals surface area (Å²) in [7, 11) is 0. The van der Waals surface area contributed by atoms with Crippen molar-refractivity contribution in [1.29, 1.82) is 0 Å². The van der Waals surface area contributed by atoms with Crippen molar-refractivity contribution >= 4 is 40.8 Å². The van der Waals surface area contributed by atoms with Gasteiger partial charge in [-0.15, -0.1) is 0 Å². The third-order valence-corrected chi connectivity index (χ3v) is 8.93. The molecule has 4 aromatic rings. The van der Waals surface area contributed by atoms with Crippen LogP contribution in [0.4, 0.5) is 5.69 Å². The van der Waals surface area contributed by atoms with Gasteiger partial charge < -0.3 is 10.2 Å². The summed E-state index contributed by atoms with van der Waals surface area (Å²) in [6, 6.07) is 28.0. The lowest BCUT2D eigenvalue weighted by Gasteiger charge is -2.38. The van der Waals surface area contributed by atoms with Crippen LogP contribution in [0.25, 0.3) is 6.08 Å². The van der Waals surface area contributed by atoms with Gasteiger partial charge in [0.2, 0.25) is 5.91 Å². The molecule has 1 fully saturated rings. The molecule has 3 heterocycles. The van der Waals surface area contributed by atoms with Gasteiger partial charge in [-0.1, -0.05) is 96.0 Å². The molecule has 1 saturated heterocycles. The van der Waals surface area contributed by atoms with E-state index in [0.29, 0.717) is 22.4 Å². The van der Waals surface area contributed by atoms with Crippen LogP contribution in [0.5, 0.6) is 0 Å². The Balaban J connectivity index is 1.55. The Labute approximate surface area is 237 Å². The molecule has 1 spiro atoms. The van der Waals surface area contributed by atoms with Crippen molar-refractivity contribution in [2.45, 2.75) is 24.4 Å². The predicted octanol–water partition coefficient (Wildman–Crippen LogP) is 6.63. The van der Waals surface area contributed by atoms with Crippen molar-refractivity contribution < 1.29 is 14.4 Å². The van der Waals surface area contributed by atoms with Gasteiger partial charge in [0.15, 0.2) is 11.6 Å². The van der Waals surface area contributed by atoms with Crippen LogP contribution in [0.1, 0.15) is 49.0 Å². The van der Waals surface area contributed by atoms with Gasteiger partial charge in [-0.3, -0.25) is 14.4 Å². The minimum absolute atomic E-state index is 0.214. The van der Waals surface area contributed by atoms with E-state index in [2.05, 4.69) is 5.32 Å². The van der Waals surface area contributed by atoms with Crippen molar-refractivity contribution in [3.63, 3.8) is 0 Å². The standard InChI is InChI=1S/C34H25ClN2O3/c1-20-14-16-22(17-15-20)30(38)29-28(31(39)24-10-4-6-12-26(24)35)34(25-11-5-7-13-27(25)36-33(34)40)32-23-9-3-2-8-21(23)18-19-37(29)32/h2-19,28-29,32H,1H3,(H,36,40). The van der Waals surface area contributed by atoms with Gasteiger partial charge in [-0.25, -0.2) is 0 Å². The fourth-order valence-corrected chi connectivity index (χ4v) is 7.11. The van der Waals surface area contributed by atoms with E-state index in [1.54, 1.807) is 36.4 Å². The Bertz CT molecular complexity index is 1740. The van der Waals surface area contributed by atoms with E-state index in [1.807, 2.05) is 84.8 Å². The minimum atomic E-state index is -1.38. The predicted molar refractivity (Wildman–Crippen MR) is 155 cm³/mol. The Kier molecular flexibility index (Phi) is 5.55. The monoisotopic (exact) mass is 544 g/mol. The molecule has 5 nitrogen and oxygen atoms in total. The second-order valence-electron chi connectivity index (χ2n) is 10.7. The van der Waals surface area contributed by atoms with Crippen LogP contribution >= 0.6 is 11.6 Å². The van der Waals surface area contributed by atoms with Crippen LogP contribution in [0.3, 0.4) is 0 Å².